The zero-order valence-corrected chi connectivity index (χ0v) is 8.91. The number of hydrogen-bond donors (Lipinski definition) is 0. The zero-order chi connectivity index (χ0) is 10.1. The topological polar surface area (TPSA) is 15.4 Å². The summed E-state index contributed by atoms with van der Waals surface area (Å²) in [5.41, 5.74) is 4.93. The first-order valence-electron chi connectivity index (χ1n) is 5.00. The van der Waals surface area contributed by atoms with Gasteiger partial charge in [0, 0.05) is 5.11 Å². The minimum absolute atomic E-state index is 0.926. The molecule has 2 nitrogen and oxygen atoms in total. The van der Waals surface area contributed by atoms with E-state index in [0.29, 0.717) is 0 Å². The fourth-order valence-electron chi connectivity index (χ4n) is 1.84. The minimum Gasteiger partial charge on any atom is -0.0834 e. The van der Waals surface area contributed by atoms with Gasteiger partial charge in [0.2, 0.25) is 5.70 Å². The van der Waals surface area contributed by atoms with Crippen molar-refractivity contribution in [3.05, 3.63) is 35.4 Å². The molecule has 0 fully saturated rings. The molecule has 0 radical (unpaired) electrons. The summed E-state index contributed by atoms with van der Waals surface area (Å²) in [5, 5.41) is 4.55. The van der Waals surface area contributed by atoms with Crippen molar-refractivity contribution in [2.24, 2.45) is 5.11 Å². The van der Waals surface area contributed by atoms with Crippen LogP contribution >= 0.6 is 0 Å². The standard InChI is InChI=1S/C12H15N2/c1-4-14-12(9(2)3)10-7-5-6-8-11(10)13-14/h5-8H,4H2,1-3H3/q+1. The number of nitrogens with zero attached hydrogens (tertiary/aromatic N) is 2. The molecule has 14 heavy (non-hydrogen) atoms. The molecule has 0 bridgehead atoms. The van der Waals surface area contributed by atoms with E-state index in [1.165, 1.54) is 16.8 Å². The van der Waals surface area contributed by atoms with Gasteiger partial charge in [0.1, 0.15) is 5.69 Å². The van der Waals surface area contributed by atoms with Gasteiger partial charge in [0.15, 0.2) is 6.54 Å². The molecule has 2 rings (SSSR count). The van der Waals surface area contributed by atoms with Crippen molar-refractivity contribution in [3.8, 4) is 0 Å². The molecule has 0 aliphatic carbocycles. The van der Waals surface area contributed by atoms with Gasteiger partial charge in [-0.15, -0.1) is 0 Å². The summed E-state index contributed by atoms with van der Waals surface area (Å²) >= 11 is 0. The van der Waals surface area contributed by atoms with Gasteiger partial charge in [-0.05, 0) is 38.5 Å². The Balaban J connectivity index is 2.63. The van der Waals surface area contributed by atoms with Crippen LogP contribution in [0, 0.1) is 0 Å². The number of fused-ring (bicyclic) bond motifs is 1. The molecule has 0 unspecified atom stereocenters. The van der Waals surface area contributed by atoms with Crippen LogP contribution in [0.2, 0.25) is 0 Å². The molecule has 2 heteroatoms. The third-order valence-corrected chi connectivity index (χ3v) is 2.42. The first-order valence-corrected chi connectivity index (χ1v) is 5.00. The van der Waals surface area contributed by atoms with Crippen LogP contribution < -0.4 is 0 Å². The highest BCUT2D eigenvalue weighted by Crippen LogP contribution is 2.35. The summed E-state index contributed by atoms with van der Waals surface area (Å²) < 4.78 is 2.07. The van der Waals surface area contributed by atoms with Gasteiger partial charge in [-0.2, -0.15) is 0 Å². The third-order valence-electron chi connectivity index (χ3n) is 2.42. The summed E-state index contributed by atoms with van der Waals surface area (Å²) in [7, 11) is 0. The van der Waals surface area contributed by atoms with Crippen molar-refractivity contribution in [2.75, 3.05) is 6.54 Å². The molecule has 0 atom stereocenters. The van der Waals surface area contributed by atoms with Crippen molar-refractivity contribution >= 4 is 11.4 Å². The third kappa shape index (κ3) is 1.27. The van der Waals surface area contributed by atoms with E-state index in [2.05, 4.69) is 48.8 Å². The summed E-state index contributed by atoms with van der Waals surface area (Å²) in [4.78, 5) is 0. The van der Waals surface area contributed by atoms with E-state index >= 15 is 0 Å². The maximum absolute atomic E-state index is 4.55. The lowest BCUT2D eigenvalue weighted by molar-refractivity contribution is -0.492. The monoisotopic (exact) mass is 187 g/mol. The second kappa shape index (κ2) is 3.37. The van der Waals surface area contributed by atoms with Gasteiger partial charge >= 0.3 is 0 Å². The molecule has 0 amide bonds. The lowest BCUT2D eigenvalue weighted by Gasteiger charge is -1.97. The second-order valence-electron chi connectivity index (χ2n) is 3.68. The van der Waals surface area contributed by atoms with Crippen LogP contribution in [0.1, 0.15) is 26.3 Å². The van der Waals surface area contributed by atoms with Gasteiger partial charge in [-0.3, -0.25) is 0 Å². The van der Waals surface area contributed by atoms with Gasteiger partial charge < -0.3 is 0 Å². The van der Waals surface area contributed by atoms with E-state index in [1.807, 2.05) is 6.07 Å². The molecular formula is C12H15N2+. The quantitative estimate of drug-likeness (QED) is 0.597. The van der Waals surface area contributed by atoms with Crippen molar-refractivity contribution in [2.45, 2.75) is 20.8 Å². The highest BCUT2D eigenvalue weighted by molar-refractivity contribution is 5.73. The summed E-state index contributed by atoms with van der Waals surface area (Å²) in [6.07, 6.45) is 0. The first-order chi connectivity index (χ1) is 6.74. The second-order valence-corrected chi connectivity index (χ2v) is 3.68. The van der Waals surface area contributed by atoms with E-state index in [0.717, 1.165) is 12.2 Å². The lowest BCUT2D eigenvalue weighted by Crippen LogP contribution is -2.03. The molecule has 1 aromatic carbocycles. The van der Waals surface area contributed by atoms with Gasteiger partial charge in [-0.25, -0.2) is 0 Å². The van der Waals surface area contributed by atoms with Crippen molar-refractivity contribution in [3.63, 3.8) is 0 Å². The van der Waals surface area contributed by atoms with Crippen LogP contribution in [0.3, 0.4) is 0 Å². The van der Waals surface area contributed by atoms with Crippen LogP contribution in [0.25, 0.3) is 5.70 Å². The summed E-state index contributed by atoms with van der Waals surface area (Å²) in [6.45, 7) is 7.32. The molecule has 0 saturated carbocycles. The van der Waals surface area contributed by atoms with Gasteiger partial charge in [-0.1, -0.05) is 16.8 Å². The van der Waals surface area contributed by atoms with E-state index < -0.39 is 0 Å². The van der Waals surface area contributed by atoms with E-state index in [9.17, 15) is 0 Å². The zero-order valence-electron chi connectivity index (χ0n) is 8.91. The predicted molar refractivity (Wildman–Crippen MR) is 57.6 cm³/mol. The Morgan fingerprint density at radius 3 is 2.64 bits per heavy atom. The Kier molecular flexibility index (Phi) is 2.20. The largest absolute Gasteiger partial charge is 0.240 e. The molecule has 1 aliphatic heterocycles. The molecule has 0 spiro atoms. The smallest absolute Gasteiger partial charge is 0.0834 e. The fraction of sp³-hybridized carbons (Fsp3) is 0.333. The highest BCUT2D eigenvalue weighted by Gasteiger charge is 2.28. The fourth-order valence-corrected chi connectivity index (χ4v) is 1.84. The van der Waals surface area contributed by atoms with Crippen LogP contribution in [0.5, 0.6) is 0 Å². The Hall–Kier alpha value is -1.44. The van der Waals surface area contributed by atoms with Crippen molar-refractivity contribution in [1.29, 1.82) is 0 Å². The maximum Gasteiger partial charge on any atom is 0.240 e. The van der Waals surface area contributed by atoms with Crippen LogP contribution in [0.4, 0.5) is 5.69 Å². The highest BCUT2D eigenvalue weighted by atomic mass is 15.3. The Labute approximate surface area is 84.6 Å². The van der Waals surface area contributed by atoms with Crippen LogP contribution in [-0.2, 0) is 0 Å². The first kappa shape index (κ1) is 9.13. The average Bonchev–Trinajstić information content (AvgIpc) is 2.55. The van der Waals surface area contributed by atoms with Gasteiger partial charge in [0.25, 0.3) is 0 Å². The number of allylic oxidation sites excluding steroid dienone is 1. The molecular weight excluding hydrogens is 172 g/mol. The summed E-state index contributed by atoms with van der Waals surface area (Å²) in [6, 6.07) is 8.30. The van der Waals surface area contributed by atoms with Crippen molar-refractivity contribution in [1.82, 2.24) is 0 Å². The molecule has 0 aromatic heterocycles. The molecule has 72 valence electrons. The van der Waals surface area contributed by atoms with E-state index in [-0.39, 0.29) is 0 Å². The normalized spacial score (nSPS) is 13.9. The SMILES string of the molecule is CC[N+]1=Nc2ccccc2C1=C(C)C. The number of rotatable bonds is 1. The molecule has 1 aromatic rings. The number of hydrogen-bond acceptors (Lipinski definition) is 1. The predicted octanol–water partition coefficient (Wildman–Crippen LogP) is 3.57. The molecule has 0 N–H and O–H groups in total. The maximum atomic E-state index is 4.55. The van der Waals surface area contributed by atoms with Gasteiger partial charge in [0.05, 0.1) is 5.56 Å². The van der Waals surface area contributed by atoms with Crippen LogP contribution in [0.15, 0.2) is 35.0 Å². The minimum atomic E-state index is 0.926. The lowest BCUT2D eigenvalue weighted by atomic mass is 10.1. The number of benzene rings is 1. The Morgan fingerprint density at radius 1 is 1.29 bits per heavy atom. The van der Waals surface area contributed by atoms with Crippen molar-refractivity contribution < 1.29 is 4.70 Å². The molecule has 0 saturated heterocycles. The average molecular weight is 187 g/mol. The Bertz CT molecular complexity index is 424. The van der Waals surface area contributed by atoms with Crippen LogP contribution in [-0.4, -0.2) is 11.2 Å². The van der Waals surface area contributed by atoms with E-state index in [1.54, 1.807) is 0 Å². The Morgan fingerprint density at radius 2 is 2.00 bits per heavy atom. The number of azo groups is 2. The van der Waals surface area contributed by atoms with E-state index in [4.69, 9.17) is 0 Å². The summed E-state index contributed by atoms with van der Waals surface area (Å²) in [5.74, 6) is 0. The molecule has 1 aliphatic rings. The molecule has 1 heterocycles.